The summed E-state index contributed by atoms with van der Waals surface area (Å²) in [6.45, 7) is 13.7. The molecule has 0 bridgehead atoms. The third kappa shape index (κ3) is 3.44. The molecule has 0 saturated carbocycles. The summed E-state index contributed by atoms with van der Waals surface area (Å²) in [5.41, 5.74) is 2.69. The van der Waals surface area contributed by atoms with Crippen LogP contribution in [0.3, 0.4) is 0 Å². The zero-order chi connectivity index (χ0) is 16.4. The topological polar surface area (TPSA) is 19.4 Å². The average Bonchev–Trinajstić information content (AvgIpc) is 2.99. The van der Waals surface area contributed by atoms with Crippen molar-refractivity contribution in [3.8, 4) is 0 Å². The first-order valence-corrected chi connectivity index (χ1v) is 9.75. The van der Waals surface area contributed by atoms with Gasteiger partial charge in [-0.2, -0.15) is 4.37 Å². The minimum atomic E-state index is 0.556. The zero-order valence-electron chi connectivity index (χ0n) is 14.9. The minimum absolute atomic E-state index is 0.556. The van der Waals surface area contributed by atoms with E-state index in [2.05, 4.69) is 55.7 Å². The van der Waals surface area contributed by atoms with Crippen molar-refractivity contribution in [2.75, 3.05) is 26.2 Å². The smallest absolute Gasteiger partial charge is 0.0652 e. The predicted molar refractivity (Wildman–Crippen MR) is 100 cm³/mol. The van der Waals surface area contributed by atoms with Crippen LogP contribution in [0.5, 0.6) is 0 Å². The fourth-order valence-electron chi connectivity index (χ4n) is 3.90. The number of hydrogen-bond donors (Lipinski definition) is 0. The third-order valence-electron chi connectivity index (χ3n) is 5.44. The van der Waals surface area contributed by atoms with Crippen LogP contribution in [0.25, 0.3) is 10.1 Å². The van der Waals surface area contributed by atoms with Crippen molar-refractivity contribution in [2.24, 2.45) is 0 Å². The molecule has 1 aromatic carbocycles. The number of nitrogens with zero attached hydrogens (tertiary/aromatic N) is 3. The van der Waals surface area contributed by atoms with Crippen LogP contribution in [0.2, 0.25) is 0 Å². The summed E-state index contributed by atoms with van der Waals surface area (Å²) < 4.78 is 6.15. The maximum Gasteiger partial charge on any atom is 0.0652 e. The van der Waals surface area contributed by atoms with Gasteiger partial charge >= 0.3 is 0 Å². The Bertz CT molecular complexity index is 639. The third-order valence-corrected chi connectivity index (χ3v) is 6.28. The van der Waals surface area contributed by atoms with E-state index in [1.54, 1.807) is 11.5 Å². The molecule has 1 saturated heterocycles. The second-order valence-electron chi connectivity index (χ2n) is 6.73. The summed E-state index contributed by atoms with van der Waals surface area (Å²) in [7, 11) is 0. The Balaban J connectivity index is 1.70. The monoisotopic (exact) mass is 331 g/mol. The quantitative estimate of drug-likeness (QED) is 0.806. The number of likely N-dealkylation sites (tertiary alicyclic amines) is 1. The van der Waals surface area contributed by atoms with E-state index < -0.39 is 0 Å². The first kappa shape index (κ1) is 16.9. The van der Waals surface area contributed by atoms with Crippen molar-refractivity contribution in [3.05, 3.63) is 29.5 Å². The Morgan fingerprint density at radius 3 is 2.61 bits per heavy atom. The predicted octanol–water partition coefficient (Wildman–Crippen LogP) is 4.47. The van der Waals surface area contributed by atoms with Crippen molar-refractivity contribution in [1.29, 1.82) is 0 Å². The van der Waals surface area contributed by atoms with Crippen LogP contribution in [0.1, 0.15) is 50.8 Å². The number of aryl methyl sites for hydroxylation is 1. The van der Waals surface area contributed by atoms with Crippen LogP contribution < -0.4 is 0 Å². The van der Waals surface area contributed by atoms with Crippen LogP contribution in [0.4, 0.5) is 0 Å². The van der Waals surface area contributed by atoms with Gasteiger partial charge in [0.1, 0.15) is 0 Å². The molecule has 1 fully saturated rings. The molecule has 1 unspecified atom stereocenters. The van der Waals surface area contributed by atoms with Crippen molar-refractivity contribution in [1.82, 2.24) is 14.2 Å². The molecule has 1 aromatic heterocycles. The second kappa shape index (κ2) is 7.29. The van der Waals surface area contributed by atoms with Gasteiger partial charge in [-0.05, 0) is 63.4 Å². The van der Waals surface area contributed by atoms with Gasteiger partial charge in [0.2, 0.25) is 0 Å². The normalized spacial score (nSPS) is 18.8. The molecule has 0 N–H and O–H groups in total. The largest absolute Gasteiger partial charge is 0.289 e. The molecule has 3 rings (SSSR count). The molecular weight excluding hydrogens is 302 g/mol. The van der Waals surface area contributed by atoms with Gasteiger partial charge in [-0.25, -0.2) is 0 Å². The summed E-state index contributed by atoms with van der Waals surface area (Å²) in [6, 6.07) is 6.74. The van der Waals surface area contributed by atoms with Crippen LogP contribution in [-0.4, -0.2) is 46.5 Å². The molecule has 0 spiro atoms. The molecule has 126 valence electrons. The van der Waals surface area contributed by atoms with Crippen molar-refractivity contribution in [2.45, 2.75) is 52.6 Å². The summed E-state index contributed by atoms with van der Waals surface area (Å²) >= 11 is 1.66. The van der Waals surface area contributed by atoms with E-state index in [0.29, 0.717) is 12.1 Å². The van der Waals surface area contributed by atoms with Gasteiger partial charge < -0.3 is 0 Å². The molecule has 2 heterocycles. The lowest BCUT2D eigenvalue weighted by atomic mass is 9.91. The van der Waals surface area contributed by atoms with Crippen LogP contribution in [0, 0.1) is 6.92 Å². The van der Waals surface area contributed by atoms with Crippen LogP contribution in [0.15, 0.2) is 18.2 Å². The molecule has 0 aliphatic carbocycles. The summed E-state index contributed by atoms with van der Waals surface area (Å²) in [5.74, 6) is 0.630. The number of piperidine rings is 1. The Morgan fingerprint density at radius 1 is 1.26 bits per heavy atom. The zero-order valence-corrected chi connectivity index (χ0v) is 15.7. The highest BCUT2D eigenvalue weighted by atomic mass is 32.1. The Kier molecular flexibility index (Phi) is 5.34. The first-order valence-electron chi connectivity index (χ1n) is 8.98. The van der Waals surface area contributed by atoms with Crippen LogP contribution in [-0.2, 0) is 0 Å². The lowest BCUT2D eigenvalue weighted by Gasteiger charge is -2.40. The lowest BCUT2D eigenvalue weighted by molar-refractivity contribution is 0.0435. The highest BCUT2D eigenvalue weighted by Crippen LogP contribution is 2.35. The first-order chi connectivity index (χ1) is 11.1. The van der Waals surface area contributed by atoms with Gasteiger partial charge in [0.15, 0.2) is 0 Å². The Morgan fingerprint density at radius 2 is 1.96 bits per heavy atom. The highest BCUT2D eigenvalue weighted by Gasteiger charge is 2.27. The van der Waals surface area contributed by atoms with Gasteiger partial charge in [0.05, 0.1) is 16.6 Å². The molecular formula is C19H29N3S. The molecule has 1 atom stereocenters. The second-order valence-corrected chi connectivity index (χ2v) is 7.54. The fourth-order valence-corrected chi connectivity index (χ4v) is 4.73. The fraction of sp³-hybridized carbons (Fsp3) is 0.632. The maximum absolute atomic E-state index is 4.81. The molecule has 3 nitrogen and oxygen atoms in total. The average molecular weight is 332 g/mol. The van der Waals surface area contributed by atoms with Gasteiger partial charge in [-0.1, -0.05) is 25.5 Å². The minimum Gasteiger partial charge on any atom is -0.289 e. The van der Waals surface area contributed by atoms with Gasteiger partial charge in [-0.3, -0.25) is 9.80 Å². The molecule has 4 heteroatoms. The maximum atomic E-state index is 4.81. The van der Waals surface area contributed by atoms with E-state index in [1.807, 2.05) is 0 Å². The molecule has 1 aliphatic rings. The van der Waals surface area contributed by atoms with Gasteiger partial charge in [0, 0.05) is 24.4 Å². The van der Waals surface area contributed by atoms with E-state index >= 15 is 0 Å². The van der Waals surface area contributed by atoms with E-state index in [-0.39, 0.29) is 0 Å². The van der Waals surface area contributed by atoms with Gasteiger partial charge in [-0.15, -0.1) is 0 Å². The van der Waals surface area contributed by atoms with Crippen molar-refractivity contribution >= 4 is 21.6 Å². The summed E-state index contributed by atoms with van der Waals surface area (Å²) in [6.07, 6.45) is 3.02. The van der Waals surface area contributed by atoms with Crippen molar-refractivity contribution in [3.63, 3.8) is 0 Å². The molecule has 0 radical (unpaired) electrons. The van der Waals surface area contributed by atoms with E-state index in [4.69, 9.17) is 4.37 Å². The van der Waals surface area contributed by atoms with Crippen molar-refractivity contribution < 1.29 is 0 Å². The number of benzene rings is 1. The SMILES string of the molecule is CCN(CC)C(C)N1CCC(c2nsc3ccc(C)cc23)CC1. The molecule has 1 aliphatic heterocycles. The highest BCUT2D eigenvalue weighted by molar-refractivity contribution is 7.13. The number of hydrogen-bond acceptors (Lipinski definition) is 4. The van der Waals surface area contributed by atoms with Gasteiger partial charge in [0.25, 0.3) is 0 Å². The van der Waals surface area contributed by atoms with E-state index in [0.717, 1.165) is 13.1 Å². The molecule has 23 heavy (non-hydrogen) atoms. The van der Waals surface area contributed by atoms with E-state index in [1.165, 1.54) is 47.3 Å². The number of aromatic nitrogens is 1. The summed E-state index contributed by atoms with van der Waals surface area (Å²) in [4.78, 5) is 5.19. The Hall–Kier alpha value is -0.970. The van der Waals surface area contributed by atoms with E-state index in [9.17, 15) is 0 Å². The number of rotatable bonds is 5. The van der Waals surface area contributed by atoms with Crippen LogP contribution >= 0.6 is 11.5 Å². The lowest BCUT2D eigenvalue weighted by Crippen LogP contribution is -2.49. The molecule has 2 aromatic rings. The number of fused-ring (bicyclic) bond motifs is 1. The standard InChI is InChI=1S/C19H29N3S/c1-5-21(6-2)15(4)22-11-9-16(10-12-22)19-17-13-14(3)7-8-18(17)23-20-19/h7-8,13,15-16H,5-6,9-12H2,1-4H3. The summed E-state index contributed by atoms with van der Waals surface area (Å²) in [5, 5.41) is 1.39. The Labute approximate surface area is 144 Å². The molecule has 0 amide bonds.